The Morgan fingerprint density at radius 1 is 1.17 bits per heavy atom. The van der Waals surface area contributed by atoms with Gasteiger partial charge in [0.05, 0.1) is 6.42 Å². The fourth-order valence-corrected chi connectivity index (χ4v) is 8.15. The van der Waals surface area contributed by atoms with Gasteiger partial charge in [-0.25, -0.2) is 0 Å². The lowest BCUT2D eigenvalue weighted by atomic mass is 9.47. The van der Waals surface area contributed by atoms with Gasteiger partial charge in [-0.1, -0.05) is 31.1 Å². The topological polar surface area (TPSA) is 52.6 Å². The Hall–Kier alpha value is -1.58. The van der Waals surface area contributed by atoms with Crippen LogP contribution < -0.4 is 0 Å². The lowest BCUT2D eigenvalue weighted by Crippen LogP contribution is -2.49. The van der Waals surface area contributed by atoms with Crippen molar-refractivity contribution in [2.45, 2.75) is 91.3 Å². The highest BCUT2D eigenvalue weighted by Crippen LogP contribution is 2.67. The van der Waals surface area contributed by atoms with Crippen molar-refractivity contribution in [1.82, 2.24) is 0 Å². The maximum absolute atomic E-state index is 12.1. The van der Waals surface area contributed by atoms with Gasteiger partial charge in [-0.2, -0.15) is 0 Å². The lowest BCUT2D eigenvalue weighted by Gasteiger charge is -2.57. The average molecular weight is 399 g/mol. The minimum absolute atomic E-state index is 0.0166. The van der Waals surface area contributed by atoms with Crippen LogP contribution in [0.25, 0.3) is 0 Å². The van der Waals surface area contributed by atoms with E-state index in [0.717, 1.165) is 32.1 Å². The molecule has 1 aliphatic heterocycles. The summed E-state index contributed by atoms with van der Waals surface area (Å²) in [5.41, 5.74) is 4.67. The molecule has 3 fully saturated rings. The maximum atomic E-state index is 12.1. The van der Waals surface area contributed by atoms with Gasteiger partial charge in [-0.3, -0.25) is 9.59 Å². The highest BCUT2D eigenvalue weighted by molar-refractivity contribution is 5.75. The third kappa shape index (κ3) is 2.77. The molecule has 4 nitrogen and oxygen atoms in total. The van der Waals surface area contributed by atoms with Crippen molar-refractivity contribution in [1.29, 1.82) is 0 Å². The molecule has 158 valence electrons. The molecule has 0 saturated heterocycles. The highest BCUT2D eigenvalue weighted by Gasteiger charge is 2.61. The SMILES string of the molecule is CC(=O)OC1CCC2(C)C(=CCC3C2CCC2(C)C4=C(C)CC(=O)OC4CC32)C1. The summed E-state index contributed by atoms with van der Waals surface area (Å²) in [7, 11) is 0. The van der Waals surface area contributed by atoms with Crippen molar-refractivity contribution in [2.24, 2.45) is 28.6 Å². The Morgan fingerprint density at radius 2 is 1.93 bits per heavy atom. The fourth-order valence-electron chi connectivity index (χ4n) is 8.15. The molecular weight excluding hydrogens is 364 g/mol. The Bertz CT molecular complexity index is 823. The van der Waals surface area contributed by atoms with Crippen LogP contribution in [-0.4, -0.2) is 24.1 Å². The monoisotopic (exact) mass is 398 g/mol. The van der Waals surface area contributed by atoms with Crippen LogP contribution >= 0.6 is 0 Å². The van der Waals surface area contributed by atoms with Crippen LogP contribution in [0.5, 0.6) is 0 Å². The number of hydrogen-bond donors (Lipinski definition) is 0. The molecule has 0 aromatic carbocycles. The molecule has 0 spiro atoms. The van der Waals surface area contributed by atoms with E-state index < -0.39 is 0 Å². The van der Waals surface area contributed by atoms with E-state index >= 15 is 0 Å². The molecule has 3 saturated carbocycles. The van der Waals surface area contributed by atoms with Crippen molar-refractivity contribution >= 4 is 11.9 Å². The van der Waals surface area contributed by atoms with E-state index in [1.165, 1.54) is 36.5 Å². The molecule has 0 bridgehead atoms. The Kier molecular flexibility index (Phi) is 4.32. The van der Waals surface area contributed by atoms with Crippen LogP contribution in [0.4, 0.5) is 0 Å². The predicted octanol–water partition coefficient (Wildman–Crippen LogP) is 5.12. The van der Waals surface area contributed by atoms with Crippen LogP contribution in [0.1, 0.15) is 79.1 Å². The molecule has 1 heterocycles. The summed E-state index contributed by atoms with van der Waals surface area (Å²) in [6, 6.07) is 0. The van der Waals surface area contributed by atoms with Crippen LogP contribution in [0.2, 0.25) is 0 Å². The summed E-state index contributed by atoms with van der Waals surface area (Å²) >= 11 is 0. The number of allylic oxidation sites excluding steroid dienone is 1. The van der Waals surface area contributed by atoms with Crippen molar-refractivity contribution in [3.63, 3.8) is 0 Å². The summed E-state index contributed by atoms with van der Waals surface area (Å²) in [5, 5.41) is 0. The van der Waals surface area contributed by atoms with Gasteiger partial charge in [0.25, 0.3) is 0 Å². The molecule has 7 atom stereocenters. The number of fused-ring (bicyclic) bond motifs is 7. The lowest BCUT2D eigenvalue weighted by molar-refractivity contribution is -0.149. The number of carbonyl (C=O) groups is 2. The molecule has 29 heavy (non-hydrogen) atoms. The van der Waals surface area contributed by atoms with Gasteiger partial charge in [-0.05, 0) is 79.6 Å². The molecule has 0 aromatic heterocycles. The zero-order valence-corrected chi connectivity index (χ0v) is 18.3. The zero-order chi connectivity index (χ0) is 20.6. The van der Waals surface area contributed by atoms with E-state index in [0.29, 0.717) is 24.2 Å². The summed E-state index contributed by atoms with van der Waals surface area (Å²) in [5.74, 6) is 1.75. The molecule has 0 amide bonds. The summed E-state index contributed by atoms with van der Waals surface area (Å²) in [4.78, 5) is 23.5. The van der Waals surface area contributed by atoms with Gasteiger partial charge >= 0.3 is 11.9 Å². The third-order valence-electron chi connectivity index (χ3n) is 9.33. The quantitative estimate of drug-likeness (QED) is 0.454. The fraction of sp³-hybridized carbons (Fsp3) is 0.760. The van der Waals surface area contributed by atoms with Gasteiger partial charge in [0.1, 0.15) is 12.2 Å². The second-order valence-corrected chi connectivity index (χ2v) is 10.8. The number of hydrogen-bond acceptors (Lipinski definition) is 4. The molecular formula is C25H34O4. The van der Waals surface area contributed by atoms with E-state index in [4.69, 9.17) is 9.47 Å². The first-order valence-electron chi connectivity index (χ1n) is 11.5. The third-order valence-corrected chi connectivity index (χ3v) is 9.33. The van der Waals surface area contributed by atoms with Crippen LogP contribution in [0, 0.1) is 28.6 Å². The molecule has 0 aromatic rings. The second kappa shape index (κ2) is 6.46. The molecule has 0 N–H and O–H groups in total. The molecule has 4 aliphatic carbocycles. The van der Waals surface area contributed by atoms with E-state index in [-0.39, 0.29) is 35.0 Å². The van der Waals surface area contributed by atoms with Gasteiger partial charge < -0.3 is 9.47 Å². The van der Waals surface area contributed by atoms with E-state index in [2.05, 4.69) is 26.8 Å². The number of esters is 2. The van der Waals surface area contributed by atoms with Crippen molar-refractivity contribution in [3.05, 3.63) is 22.8 Å². The van der Waals surface area contributed by atoms with E-state index in [9.17, 15) is 9.59 Å². The first kappa shape index (κ1) is 19.4. The maximum Gasteiger partial charge on any atom is 0.310 e. The minimum Gasteiger partial charge on any atom is -0.462 e. The Balaban J connectivity index is 1.45. The Labute approximate surface area is 174 Å². The summed E-state index contributed by atoms with van der Waals surface area (Å²) in [6.45, 7) is 8.59. The first-order chi connectivity index (χ1) is 13.7. The number of ether oxygens (including phenoxy) is 2. The highest BCUT2D eigenvalue weighted by atomic mass is 16.5. The van der Waals surface area contributed by atoms with Crippen LogP contribution in [0.15, 0.2) is 22.8 Å². The average Bonchev–Trinajstić information content (AvgIpc) is 2.94. The normalized spacial score (nSPS) is 46.0. The second-order valence-electron chi connectivity index (χ2n) is 10.8. The standard InChI is InChI=1S/C25H34O4/c1-14-11-22(27)29-21-13-20-18-6-5-16-12-17(28-15(2)26)7-9-24(16,3)19(18)8-10-25(20,4)23(14)21/h5,17-21H,6-13H2,1-4H3. The minimum atomic E-state index is -0.159. The number of carbonyl (C=O) groups excluding carboxylic acids is 2. The Morgan fingerprint density at radius 3 is 2.69 bits per heavy atom. The van der Waals surface area contributed by atoms with E-state index in [1.807, 2.05) is 0 Å². The van der Waals surface area contributed by atoms with Crippen molar-refractivity contribution in [2.75, 3.05) is 0 Å². The summed E-state index contributed by atoms with van der Waals surface area (Å²) in [6.07, 6.45) is 10.6. The van der Waals surface area contributed by atoms with Gasteiger partial charge in [0.2, 0.25) is 0 Å². The summed E-state index contributed by atoms with van der Waals surface area (Å²) < 4.78 is 11.4. The zero-order valence-electron chi connectivity index (χ0n) is 18.3. The molecule has 4 heteroatoms. The molecule has 5 aliphatic rings. The van der Waals surface area contributed by atoms with Crippen LogP contribution in [-0.2, 0) is 19.1 Å². The van der Waals surface area contributed by atoms with Crippen LogP contribution in [0.3, 0.4) is 0 Å². The van der Waals surface area contributed by atoms with Gasteiger partial charge in [0.15, 0.2) is 0 Å². The predicted molar refractivity (Wildman–Crippen MR) is 110 cm³/mol. The smallest absolute Gasteiger partial charge is 0.310 e. The van der Waals surface area contributed by atoms with Crippen molar-refractivity contribution < 1.29 is 19.1 Å². The van der Waals surface area contributed by atoms with Gasteiger partial charge in [-0.15, -0.1) is 0 Å². The van der Waals surface area contributed by atoms with E-state index in [1.54, 1.807) is 0 Å². The van der Waals surface area contributed by atoms with Crippen molar-refractivity contribution in [3.8, 4) is 0 Å². The molecule has 0 radical (unpaired) electrons. The number of rotatable bonds is 1. The first-order valence-corrected chi connectivity index (χ1v) is 11.5. The molecule has 7 unspecified atom stereocenters. The van der Waals surface area contributed by atoms with Gasteiger partial charge in [0, 0.05) is 13.3 Å². The largest absolute Gasteiger partial charge is 0.462 e. The molecule has 5 rings (SSSR count).